The number of hydrogen-bond acceptors (Lipinski definition) is 3. The van der Waals surface area contributed by atoms with Gasteiger partial charge in [0.1, 0.15) is 0 Å². The van der Waals surface area contributed by atoms with E-state index in [-0.39, 0.29) is 11.3 Å². The number of nitrogens with zero attached hydrogens (tertiary/aromatic N) is 2. The lowest BCUT2D eigenvalue weighted by Gasteiger charge is -2.18. The largest absolute Gasteiger partial charge is 0.307 e. The fraction of sp³-hybridized carbons (Fsp3) is 0.304. The first kappa shape index (κ1) is 16.5. The van der Waals surface area contributed by atoms with Gasteiger partial charge >= 0.3 is 0 Å². The van der Waals surface area contributed by atoms with Gasteiger partial charge in [-0.15, -0.1) is 0 Å². The summed E-state index contributed by atoms with van der Waals surface area (Å²) >= 11 is 0. The lowest BCUT2D eigenvalue weighted by atomic mass is 10.0. The van der Waals surface area contributed by atoms with E-state index in [9.17, 15) is 9.59 Å². The van der Waals surface area contributed by atoms with E-state index in [1.807, 2.05) is 53.1 Å². The maximum atomic E-state index is 13.3. The predicted molar refractivity (Wildman–Crippen MR) is 107 cm³/mol. The minimum atomic E-state index is 0.00951. The fourth-order valence-corrected chi connectivity index (χ4v) is 4.60. The summed E-state index contributed by atoms with van der Waals surface area (Å²) < 4.78 is 1.84. The van der Waals surface area contributed by atoms with Crippen LogP contribution in [0.25, 0.3) is 22.0 Å². The Hall–Kier alpha value is -2.72. The summed E-state index contributed by atoms with van der Waals surface area (Å²) in [7, 11) is 0. The number of rotatable bonds is 4. The zero-order chi connectivity index (χ0) is 18.4. The number of likely N-dealkylation sites (tertiary alicyclic amines) is 1. The number of pyridine rings is 1. The first-order valence-electron chi connectivity index (χ1n) is 9.78. The van der Waals surface area contributed by atoms with Crippen LogP contribution in [0.1, 0.15) is 35.2 Å². The Morgan fingerprint density at radius 2 is 1.44 bits per heavy atom. The number of aromatic nitrogens is 1. The zero-order valence-electron chi connectivity index (χ0n) is 15.3. The molecule has 0 amide bonds. The molecule has 2 aliphatic rings. The van der Waals surface area contributed by atoms with Crippen LogP contribution < -0.4 is 5.56 Å². The van der Waals surface area contributed by atoms with E-state index < -0.39 is 0 Å². The zero-order valence-corrected chi connectivity index (χ0v) is 15.3. The van der Waals surface area contributed by atoms with Crippen LogP contribution >= 0.6 is 0 Å². The van der Waals surface area contributed by atoms with Gasteiger partial charge < -0.3 is 9.47 Å². The number of fused-ring (bicyclic) bond motifs is 5. The summed E-state index contributed by atoms with van der Waals surface area (Å²) in [5, 5.41) is 1.41. The molecule has 2 heterocycles. The molecule has 4 nitrogen and oxygen atoms in total. The third kappa shape index (κ3) is 2.55. The van der Waals surface area contributed by atoms with Crippen molar-refractivity contribution >= 4 is 16.6 Å². The van der Waals surface area contributed by atoms with E-state index in [1.165, 1.54) is 12.8 Å². The topological polar surface area (TPSA) is 42.3 Å². The van der Waals surface area contributed by atoms with E-state index in [1.54, 1.807) is 0 Å². The van der Waals surface area contributed by atoms with Gasteiger partial charge in [0, 0.05) is 28.4 Å². The maximum Gasteiger partial charge on any atom is 0.258 e. The summed E-state index contributed by atoms with van der Waals surface area (Å²) in [6.07, 6.45) is 3.46. The van der Waals surface area contributed by atoms with Gasteiger partial charge in [-0.1, -0.05) is 42.5 Å². The summed E-state index contributed by atoms with van der Waals surface area (Å²) in [5.41, 5.74) is 3.10. The van der Waals surface area contributed by atoms with Gasteiger partial charge in [-0.3, -0.25) is 9.59 Å². The molecule has 0 saturated carbocycles. The lowest BCUT2D eigenvalue weighted by Crippen LogP contribution is -2.26. The minimum absolute atomic E-state index is 0.00951. The van der Waals surface area contributed by atoms with Crippen molar-refractivity contribution in [2.75, 3.05) is 19.6 Å². The molecule has 1 aromatic heterocycles. The van der Waals surface area contributed by atoms with Gasteiger partial charge in [-0.25, -0.2) is 0 Å². The first-order valence-corrected chi connectivity index (χ1v) is 9.78. The third-order valence-corrected chi connectivity index (χ3v) is 5.89. The van der Waals surface area contributed by atoms with Crippen molar-refractivity contribution in [1.82, 2.24) is 9.47 Å². The van der Waals surface area contributed by atoms with Crippen molar-refractivity contribution in [2.45, 2.75) is 25.8 Å². The van der Waals surface area contributed by atoms with E-state index in [2.05, 4.69) is 4.90 Å². The third-order valence-electron chi connectivity index (χ3n) is 5.89. The lowest BCUT2D eigenvalue weighted by molar-refractivity contribution is 0.104. The summed E-state index contributed by atoms with van der Waals surface area (Å²) in [4.78, 5) is 28.9. The van der Waals surface area contributed by atoms with Crippen molar-refractivity contribution in [3.63, 3.8) is 0 Å². The van der Waals surface area contributed by atoms with Crippen LogP contribution in [0.2, 0.25) is 0 Å². The fourth-order valence-electron chi connectivity index (χ4n) is 4.60. The van der Waals surface area contributed by atoms with Gasteiger partial charge in [0.05, 0.1) is 11.3 Å². The van der Waals surface area contributed by atoms with E-state index in [0.29, 0.717) is 23.1 Å². The van der Waals surface area contributed by atoms with Crippen LogP contribution in [0, 0.1) is 0 Å². The molecule has 0 radical (unpaired) electrons. The van der Waals surface area contributed by atoms with E-state index in [4.69, 9.17) is 0 Å². The molecule has 5 rings (SSSR count). The van der Waals surface area contributed by atoms with Crippen LogP contribution in [0.3, 0.4) is 0 Å². The molecule has 0 spiro atoms. The monoisotopic (exact) mass is 358 g/mol. The van der Waals surface area contributed by atoms with Gasteiger partial charge in [-0.2, -0.15) is 0 Å². The number of hydrogen-bond donors (Lipinski definition) is 0. The molecule has 1 aliphatic carbocycles. The van der Waals surface area contributed by atoms with E-state index in [0.717, 1.165) is 42.7 Å². The molecule has 0 unspecified atom stereocenters. The molecule has 136 valence electrons. The van der Waals surface area contributed by atoms with Gasteiger partial charge in [0.15, 0.2) is 5.78 Å². The SMILES string of the molecule is O=C1c2ccccc2-c2c1c1ccccc1c(=O)n2CCCN1CCCC1. The normalized spacial score (nSPS) is 16.1. The molecule has 0 N–H and O–H groups in total. The highest BCUT2D eigenvalue weighted by atomic mass is 16.1. The Morgan fingerprint density at radius 1 is 0.778 bits per heavy atom. The second-order valence-corrected chi connectivity index (χ2v) is 7.50. The number of carbonyl (C=O) groups excluding carboxylic acids is 1. The first-order chi connectivity index (χ1) is 13.3. The average Bonchev–Trinajstić information content (AvgIpc) is 3.32. The van der Waals surface area contributed by atoms with Gasteiger partial charge in [0.25, 0.3) is 5.56 Å². The summed E-state index contributed by atoms with van der Waals surface area (Å²) in [6, 6.07) is 15.2. The predicted octanol–water partition coefficient (Wildman–Crippen LogP) is 3.70. The van der Waals surface area contributed by atoms with Crippen LogP contribution in [-0.4, -0.2) is 34.9 Å². The van der Waals surface area contributed by atoms with Crippen LogP contribution in [0.4, 0.5) is 0 Å². The van der Waals surface area contributed by atoms with E-state index >= 15 is 0 Å². The summed E-state index contributed by atoms with van der Waals surface area (Å²) in [5.74, 6) is 0.0325. The minimum Gasteiger partial charge on any atom is -0.307 e. The van der Waals surface area contributed by atoms with Crippen molar-refractivity contribution in [1.29, 1.82) is 0 Å². The molecule has 0 bridgehead atoms. The Morgan fingerprint density at radius 3 is 2.22 bits per heavy atom. The molecule has 1 saturated heterocycles. The van der Waals surface area contributed by atoms with Crippen molar-refractivity contribution in [3.05, 3.63) is 70.0 Å². The smallest absolute Gasteiger partial charge is 0.258 e. The Bertz CT molecular complexity index is 1110. The van der Waals surface area contributed by atoms with Crippen molar-refractivity contribution in [3.8, 4) is 11.3 Å². The van der Waals surface area contributed by atoms with Gasteiger partial charge in [-0.05, 0) is 45.0 Å². The average molecular weight is 358 g/mol. The number of benzene rings is 2. The molecule has 4 heteroatoms. The molecular formula is C23H22N2O2. The highest BCUT2D eigenvalue weighted by molar-refractivity contribution is 6.26. The van der Waals surface area contributed by atoms with Crippen LogP contribution in [0.5, 0.6) is 0 Å². The standard InChI is InChI=1S/C23H22N2O2/c26-22-18-10-3-2-9-17(18)21-20(22)16-8-1-4-11-19(16)23(27)25(21)15-7-14-24-12-5-6-13-24/h1-4,8-11H,5-7,12-15H2. The molecule has 27 heavy (non-hydrogen) atoms. The van der Waals surface area contributed by atoms with Crippen molar-refractivity contribution in [2.24, 2.45) is 0 Å². The highest BCUT2D eigenvalue weighted by Crippen LogP contribution is 2.39. The number of ketones is 1. The quantitative estimate of drug-likeness (QED) is 0.559. The molecule has 1 aliphatic heterocycles. The molecule has 3 aromatic rings. The van der Waals surface area contributed by atoms with Crippen molar-refractivity contribution < 1.29 is 4.79 Å². The Labute approximate surface area is 158 Å². The maximum absolute atomic E-state index is 13.3. The van der Waals surface area contributed by atoms with Gasteiger partial charge in [0.2, 0.25) is 0 Å². The second kappa shape index (κ2) is 6.46. The highest BCUT2D eigenvalue weighted by Gasteiger charge is 2.32. The van der Waals surface area contributed by atoms with Crippen LogP contribution in [0.15, 0.2) is 53.3 Å². The number of carbonyl (C=O) groups is 1. The molecule has 2 aromatic carbocycles. The molecule has 0 atom stereocenters. The Kier molecular flexibility index (Phi) is 3.94. The van der Waals surface area contributed by atoms with Crippen LogP contribution in [-0.2, 0) is 6.54 Å². The summed E-state index contributed by atoms with van der Waals surface area (Å²) in [6.45, 7) is 3.96. The second-order valence-electron chi connectivity index (χ2n) is 7.50. The molecule has 1 fully saturated rings. The Balaban J connectivity index is 1.65. The molecular weight excluding hydrogens is 336 g/mol.